The van der Waals surface area contributed by atoms with Crippen LogP contribution in [-0.4, -0.2) is 60.9 Å². The van der Waals surface area contributed by atoms with Crippen molar-refractivity contribution in [2.24, 2.45) is 0 Å². The summed E-state index contributed by atoms with van der Waals surface area (Å²) in [4.78, 5) is 13.4. The third-order valence-electron chi connectivity index (χ3n) is 3.50. The van der Waals surface area contributed by atoms with Gasteiger partial charge in [0.1, 0.15) is 5.54 Å². The van der Waals surface area contributed by atoms with Crippen molar-refractivity contribution in [1.82, 2.24) is 10.2 Å². The first-order valence-electron chi connectivity index (χ1n) is 6.24. The Morgan fingerprint density at radius 1 is 1.65 bits per heavy atom. The van der Waals surface area contributed by atoms with Crippen LogP contribution in [0.2, 0.25) is 0 Å². The number of carboxylic acids is 1. The van der Waals surface area contributed by atoms with Crippen LogP contribution in [0.25, 0.3) is 0 Å². The second-order valence-corrected chi connectivity index (χ2v) is 4.97. The first kappa shape index (κ1) is 14.4. The summed E-state index contributed by atoms with van der Waals surface area (Å²) in [6, 6.07) is 0. The Kier molecular flexibility index (Phi) is 5.36. The molecule has 0 spiro atoms. The summed E-state index contributed by atoms with van der Waals surface area (Å²) in [6.45, 7) is 7.43. The molecule has 0 bridgehead atoms. The number of rotatable bonds is 6. The minimum atomic E-state index is -0.808. The molecule has 1 aliphatic rings. The number of nitrogens with zero attached hydrogens (tertiary/aromatic N) is 1. The van der Waals surface area contributed by atoms with Gasteiger partial charge >= 0.3 is 5.97 Å². The minimum absolute atomic E-state index is 0.291. The van der Waals surface area contributed by atoms with Gasteiger partial charge in [0.2, 0.25) is 0 Å². The summed E-state index contributed by atoms with van der Waals surface area (Å²) in [6.07, 6.45) is 1.82. The molecule has 2 atom stereocenters. The Morgan fingerprint density at radius 3 is 2.88 bits per heavy atom. The Bertz CT molecular complexity index is 260. The summed E-state index contributed by atoms with van der Waals surface area (Å²) in [5.74, 6) is -0.782. The molecule has 0 aromatic rings. The van der Waals surface area contributed by atoms with Gasteiger partial charge in [-0.3, -0.25) is 9.69 Å². The molecule has 100 valence electrons. The number of hydrogen-bond acceptors (Lipinski definition) is 4. The molecule has 2 N–H and O–H groups in total. The molecule has 5 nitrogen and oxygen atoms in total. The molecule has 5 heteroatoms. The van der Waals surface area contributed by atoms with Crippen LogP contribution in [0.4, 0.5) is 0 Å². The predicted molar refractivity (Wildman–Crippen MR) is 66.2 cm³/mol. The lowest BCUT2D eigenvalue weighted by Crippen LogP contribution is -2.48. The van der Waals surface area contributed by atoms with E-state index in [1.54, 1.807) is 14.0 Å². The fourth-order valence-corrected chi connectivity index (χ4v) is 2.09. The van der Waals surface area contributed by atoms with E-state index in [0.29, 0.717) is 12.5 Å². The molecular weight excluding hydrogens is 220 g/mol. The Hall–Kier alpha value is -0.650. The quantitative estimate of drug-likeness (QED) is 0.714. The minimum Gasteiger partial charge on any atom is -0.480 e. The first-order chi connectivity index (χ1) is 7.98. The van der Waals surface area contributed by atoms with Crippen LogP contribution < -0.4 is 5.32 Å². The zero-order chi connectivity index (χ0) is 12.9. The van der Waals surface area contributed by atoms with Crippen molar-refractivity contribution < 1.29 is 14.6 Å². The van der Waals surface area contributed by atoms with Gasteiger partial charge in [-0.15, -0.1) is 0 Å². The van der Waals surface area contributed by atoms with Crippen molar-refractivity contribution >= 4 is 5.97 Å². The number of aliphatic carboxylic acids is 1. The van der Waals surface area contributed by atoms with E-state index >= 15 is 0 Å². The molecule has 0 aromatic heterocycles. The van der Waals surface area contributed by atoms with Crippen molar-refractivity contribution in [2.75, 3.05) is 33.3 Å². The fraction of sp³-hybridized carbons (Fsp3) is 0.917. The highest BCUT2D eigenvalue weighted by molar-refractivity contribution is 5.78. The average Bonchev–Trinajstić information content (AvgIpc) is 2.28. The van der Waals surface area contributed by atoms with E-state index in [1.807, 2.05) is 0 Å². The maximum absolute atomic E-state index is 11.1. The number of likely N-dealkylation sites (N-methyl/N-ethyl adjacent to an activating group) is 1. The van der Waals surface area contributed by atoms with E-state index in [9.17, 15) is 4.79 Å². The smallest absolute Gasteiger partial charge is 0.323 e. The Labute approximate surface area is 103 Å². The van der Waals surface area contributed by atoms with Gasteiger partial charge in [0.15, 0.2) is 0 Å². The number of carbonyl (C=O) groups is 1. The SMILES string of the molecule is CNC(C)(CCCN1CCOC(C)C1)C(=O)O. The molecule has 0 amide bonds. The summed E-state index contributed by atoms with van der Waals surface area (Å²) >= 11 is 0. The molecule has 0 saturated carbocycles. The zero-order valence-electron chi connectivity index (χ0n) is 11.0. The third-order valence-corrected chi connectivity index (χ3v) is 3.50. The zero-order valence-corrected chi connectivity index (χ0v) is 11.0. The lowest BCUT2D eigenvalue weighted by Gasteiger charge is -2.32. The van der Waals surface area contributed by atoms with Crippen molar-refractivity contribution in [1.29, 1.82) is 0 Å². The average molecular weight is 244 g/mol. The maximum atomic E-state index is 11.1. The van der Waals surface area contributed by atoms with Crippen LogP contribution in [0, 0.1) is 0 Å². The van der Waals surface area contributed by atoms with E-state index in [0.717, 1.165) is 32.7 Å². The van der Waals surface area contributed by atoms with Crippen molar-refractivity contribution in [3.63, 3.8) is 0 Å². The van der Waals surface area contributed by atoms with Crippen LogP contribution in [0.1, 0.15) is 26.7 Å². The van der Waals surface area contributed by atoms with Crippen LogP contribution in [0.15, 0.2) is 0 Å². The third kappa shape index (κ3) is 4.26. The fourth-order valence-electron chi connectivity index (χ4n) is 2.09. The van der Waals surface area contributed by atoms with Gasteiger partial charge in [-0.05, 0) is 40.3 Å². The second-order valence-electron chi connectivity index (χ2n) is 4.97. The van der Waals surface area contributed by atoms with Crippen molar-refractivity contribution in [3.8, 4) is 0 Å². The van der Waals surface area contributed by atoms with E-state index < -0.39 is 11.5 Å². The van der Waals surface area contributed by atoms with Crippen LogP contribution >= 0.6 is 0 Å². The molecule has 0 radical (unpaired) electrons. The molecular formula is C12H24N2O3. The molecule has 1 heterocycles. The summed E-state index contributed by atoms with van der Waals surface area (Å²) in [7, 11) is 1.70. The number of morpholine rings is 1. The van der Waals surface area contributed by atoms with Gasteiger partial charge in [0.25, 0.3) is 0 Å². The molecule has 1 rings (SSSR count). The van der Waals surface area contributed by atoms with E-state index in [-0.39, 0.29) is 0 Å². The Morgan fingerprint density at radius 2 is 2.35 bits per heavy atom. The summed E-state index contributed by atoms with van der Waals surface area (Å²) in [5.41, 5.74) is -0.808. The highest BCUT2D eigenvalue weighted by Crippen LogP contribution is 2.13. The second kappa shape index (κ2) is 6.33. The van der Waals surface area contributed by atoms with Gasteiger partial charge in [0, 0.05) is 13.1 Å². The largest absolute Gasteiger partial charge is 0.480 e. The molecule has 2 unspecified atom stereocenters. The maximum Gasteiger partial charge on any atom is 0.323 e. The number of nitrogens with one attached hydrogen (secondary N) is 1. The monoisotopic (exact) mass is 244 g/mol. The number of carboxylic acid groups (broad SMARTS) is 1. The van der Waals surface area contributed by atoms with E-state index in [2.05, 4.69) is 17.1 Å². The molecule has 1 fully saturated rings. The van der Waals surface area contributed by atoms with E-state index in [1.165, 1.54) is 0 Å². The van der Waals surface area contributed by atoms with Crippen molar-refractivity contribution in [3.05, 3.63) is 0 Å². The molecule has 17 heavy (non-hydrogen) atoms. The first-order valence-corrected chi connectivity index (χ1v) is 6.24. The van der Waals surface area contributed by atoms with E-state index in [4.69, 9.17) is 9.84 Å². The molecule has 1 saturated heterocycles. The lowest BCUT2D eigenvalue weighted by molar-refractivity contribution is -0.144. The highest BCUT2D eigenvalue weighted by Gasteiger charge is 2.30. The Balaban J connectivity index is 2.29. The summed E-state index contributed by atoms with van der Waals surface area (Å²) in [5, 5.41) is 12.0. The number of hydrogen-bond donors (Lipinski definition) is 2. The molecule has 0 aromatic carbocycles. The number of ether oxygens (including phenoxy) is 1. The van der Waals surface area contributed by atoms with Gasteiger partial charge in [0.05, 0.1) is 12.7 Å². The van der Waals surface area contributed by atoms with Gasteiger partial charge in [-0.2, -0.15) is 0 Å². The topological polar surface area (TPSA) is 61.8 Å². The molecule has 0 aliphatic carbocycles. The lowest BCUT2D eigenvalue weighted by atomic mass is 9.96. The summed E-state index contributed by atoms with van der Waals surface area (Å²) < 4.78 is 5.47. The molecule has 1 aliphatic heterocycles. The van der Waals surface area contributed by atoms with Crippen LogP contribution in [-0.2, 0) is 9.53 Å². The van der Waals surface area contributed by atoms with Crippen molar-refractivity contribution in [2.45, 2.75) is 38.3 Å². The van der Waals surface area contributed by atoms with Crippen LogP contribution in [0.3, 0.4) is 0 Å². The van der Waals surface area contributed by atoms with Gasteiger partial charge in [-0.1, -0.05) is 0 Å². The predicted octanol–water partition coefficient (Wildman–Crippen LogP) is 0.550. The standard InChI is InChI=1S/C12H24N2O3/c1-10-9-14(7-8-17-10)6-4-5-12(2,13-3)11(15)16/h10,13H,4-9H2,1-3H3,(H,15,16). The van der Waals surface area contributed by atoms with Crippen LogP contribution in [0.5, 0.6) is 0 Å². The van der Waals surface area contributed by atoms with Gasteiger partial charge < -0.3 is 15.2 Å². The van der Waals surface area contributed by atoms with Gasteiger partial charge in [-0.25, -0.2) is 0 Å². The normalized spacial score (nSPS) is 25.5. The highest BCUT2D eigenvalue weighted by atomic mass is 16.5.